The van der Waals surface area contributed by atoms with Crippen molar-refractivity contribution in [1.82, 2.24) is 9.80 Å². The molecule has 6 nitrogen and oxygen atoms in total. The predicted octanol–water partition coefficient (Wildman–Crippen LogP) is 4.54. The number of aryl methyl sites for hydroxylation is 1. The number of halogens is 1. The van der Waals surface area contributed by atoms with Gasteiger partial charge >= 0.3 is 0 Å². The van der Waals surface area contributed by atoms with E-state index >= 15 is 0 Å². The number of likely N-dealkylation sites (tertiary alicyclic amines) is 1. The van der Waals surface area contributed by atoms with Crippen LogP contribution in [-0.4, -0.2) is 60.4 Å². The molecule has 2 aromatic carbocycles. The third-order valence-corrected chi connectivity index (χ3v) is 5.76. The molecule has 1 saturated heterocycles. The number of amides is 1. The van der Waals surface area contributed by atoms with E-state index in [0.29, 0.717) is 36.8 Å². The van der Waals surface area contributed by atoms with Crippen LogP contribution < -0.4 is 4.74 Å². The van der Waals surface area contributed by atoms with Gasteiger partial charge in [-0.1, -0.05) is 32.0 Å². The summed E-state index contributed by atoms with van der Waals surface area (Å²) in [4.78, 5) is 29.4. The van der Waals surface area contributed by atoms with Crippen LogP contribution in [0.15, 0.2) is 48.0 Å². The zero-order valence-electron chi connectivity index (χ0n) is 20.5. The van der Waals surface area contributed by atoms with Crippen LogP contribution in [0.25, 0.3) is 5.76 Å². The van der Waals surface area contributed by atoms with Crippen molar-refractivity contribution in [2.24, 2.45) is 5.92 Å². The average molecular weight is 469 g/mol. The molecule has 7 heteroatoms. The second kappa shape index (κ2) is 10.8. The Balaban J connectivity index is 2.06. The van der Waals surface area contributed by atoms with Gasteiger partial charge in [-0.3, -0.25) is 9.59 Å². The SMILES string of the molecule is Cc1cc(C(O)=C2C(=O)C(=O)N(CCCN(C)C)[C@H]2c2ccccc2F)ccc1OCC(C)C. The fourth-order valence-electron chi connectivity index (χ4n) is 4.06. The van der Waals surface area contributed by atoms with Gasteiger partial charge in [0.05, 0.1) is 18.2 Å². The van der Waals surface area contributed by atoms with Gasteiger partial charge in [0.25, 0.3) is 11.7 Å². The lowest BCUT2D eigenvalue weighted by atomic mass is 9.94. The van der Waals surface area contributed by atoms with Crippen LogP contribution in [0.3, 0.4) is 0 Å². The highest BCUT2D eigenvalue weighted by molar-refractivity contribution is 6.46. The Morgan fingerprint density at radius 2 is 1.88 bits per heavy atom. The number of rotatable bonds is 9. The summed E-state index contributed by atoms with van der Waals surface area (Å²) in [7, 11) is 3.83. The Bertz CT molecular complexity index is 1090. The average Bonchev–Trinajstić information content (AvgIpc) is 3.02. The molecule has 1 atom stereocenters. The van der Waals surface area contributed by atoms with E-state index in [1.165, 1.54) is 11.0 Å². The number of aliphatic hydroxyl groups excluding tert-OH is 1. The molecule has 0 aliphatic carbocycles. The highest BCUT2D eigenvalue weighted by Gasteiger charge is 2.46. The Morgan fingerprint density at radius 1 is 1.18 bits per heavy atom. The van der Waals surface area contributed by atoms with Crippen molar-refractivity contribution in [2.75, 3.05) is 33.8 Å². The predicted molar refractivity (Wildman–Crippen MR) is 130 cm³/mol. The lowest BCUT2D eigenvalue weighted by Gasteiger charge is -2.26. The molecule has 0 unspecified atom stereocenters. The third kappa shape index (κ3) is 5.47. The number of hydrogen-bond acceptors (Lipinski definition) is 5. The van der Waals surface area contributed by atoms with Crippen molar-refractivity contribution in [3.05, 3.63) is 70.5 Å². The van der Waals surface area contributed by atoms with Crippen molar-refractivity contribution >= 4 is 17.4 Å². The molecule has 34 heavy (non-hydrogen) atoms. The van der Waals surface area contributed by atoms with E-state index in [9.17, 15) is 19.1 Å². The third-order valence-electron chi connectivity index (χ3n) is 5.76. The van der Waals surface area contributed by atoms with Crippen LogP contribution in [-0.2, 0) is 9.59 Å². The fourth-order valence-corrected chi connectivity index (χ4v) is 4.06. The van der Waals surface area contributed by atoms with E-state index in [2.05, 4.69) is 13.8 Å². The Morgan fingerprint density at radius 3 is 2.50 bits per heavy atom. The first-order valence-electron chi connectivity index (χ1n) is 11.5. The molecule has 1 aliphatic rings. The van der Waals surface area contributed by atoms with Gasteiger partial charge in [-0.25, -0.2) is 4.39 Å². The van der Waals surface area contributed by atoms with Crippen molar-refractivity contribution in [2.45, 2.75) is 33.2 Å². The van der Waals surface area contributed by atoms with E-state index in [4.69, 9.17) is 4.74 Å². The summed E-state index contributed by atoms with van der Waals surface area (Å²) in [5, 5.41) is 11.2. The first-order valence-corrected chi connectivity index (χ1v) is 11.5. The van der Waals surface area contributed by atoms with Gasteiger partial charge in [0.2, 0.25) is 0 Å². The van der Waals surface area contributed by atoms with E-state index in [1.807, 2.05) is 25.9 Å². The summed E-state index contributed by atoms with van der Waals surface area (Å²) in [6.07, 6.45) is 0.603. The van der Waals surface area contributed by atoms with Gasteiger partial charge in [0.15, 0.2) is 0 Å². The van der Waals surface area contributed by atoms with Crippen LogP contribution in [0.1, 0.15) is 43.0 Å². The van der Waals surface area contributed by atoms with Crippen molar-refractivity contribution in [3.8, 4) is 5.75 Å². The molecule has 1 aliphatic heterocycles. The van der Waals surface area contributed by atoms with Gasteiger partial charge in [0.1, 0.15) is 17.3 Å². The second-order valence-corrected chi connectivity index (χ2v) is 9.36. The molecular weight excluding hydrogens is 435 g/mol. The van der Waals surface area contributed by atoms with Crippen LogP contribution in [0.2, 0.25) is 0 Å². The highest BCUT2D eigenvalue weighted by Crippen LogP contribution is 2.40. The minimum absolute atomic E-state index is 0.102. The van der Waals surface area contributed by atoms with Crippen LogP contribution >= 0.6 is 0 Å². The Kier molecular flexibility index (Phi) is 8.10. The summed E-state index contributed by atoms with van der Waals surface area (Å²) >= 11 is 0. The lowest BCUT2D eigenvalue weighted by molar-refractivity contribution is -0.140. The van der Waals surface area contributed by atoms with Gasteiger partial charge in [-0.15, -0.1) is 0 Å². The summed E-state index contributed by atoms with van der Waals surface area (Å²) < 4.78 is 20.7. The maximum atomic E-state index is 14.8. The second-order valence-electron chi connectivity index (χ2n) is 9.36. The molecule has 1 fully saturated rings. The zero-order valence-corrected chi connectivity index (χ0v) is 20.5. The molecule has 0 aromatic heterocycles. The summed E-state index contributed by atoms with van der Waals surface area (Å²) in [5.74, 6) is -1.36. The number of carbonyl (C=O) groups is 2. The van der Waals surface area contributed by atoms with E-state index in [0.717, 1.165) is 5.56 Å². The first-order chi connectivity index (χ1) is 16.1. The standard InChI is InChI=1S/C27H33FN2O4/c1-17(2)16-34-22-12-11-19(15-18(22)3)25(31)23-24(20-9-6-7-10-21(20)28)30(27(33)26(23)32)14-8-13-29(4)5/h6-7,9-12,15,17,24,31H,8,13-14,16H2,1-5H3/t24-/m0/s1. The van der Waals surface area contributed by atoms with Gasteiger partial charge < -0.3 is 19.6 Å². The monoisotopic (exact) mass is 468 g/mol. The van der Waals surface area contributed by atoms with E-state index < -0.39 is 23.5 Å². The molecule has 1 heterocycles. The molecule has 0 spiro atoms. The summed E-state index contributed by atoms with van der Waals surface area (Å²) in [5.41, 5.74) is 1.24. The van der Waals surface area contributed by atoms with Gasteiger partial charge in [-0.2, -0.15) is 0 Å². The number of aliphatic hydroxyl groups is 1. The fraction of sp³-hybridized carbons (Fsp3) is 0.407. The normalized spacial score (nSPS) is 17.8. The van der Waals surface area contributed by atoms with Crippen molar-refractivity contribution in [1.29, 1.82) is 0 Å². The molecule has 3 rings (SSSR count). The number of carbonyl (C=O) groups excluding carboxylic acids is 2. The van der Waals surface area contributed by atoms with Crippen molar-refractivity contribution < 1.29 is 23.8 Å². The lowest BCUT2D eigenvalue weighted by Crippen LogP contribution is -2.32. The maximum Gasteiger partial charge on any atom is 0.295 e. The Labute approximate surface area is 200 Å². The molecule has 0 radical (unpaired) electrons. The minimum Gasteiger partial charge on any atom is -0.507 e. The van der Waals surface area contributed by atoms with E-state index in [1.54, 1.807) is 36.4 Å². The molecule has 0 saturated carbocycles. The summed E-state index contributed by atoms with van der Waals surface area (Å²) in [6, 6.07) is 10.1. The molecule has 182 valence electrons. The van der Waals surface area contributed by atoms with Gasteiger partial charge in [0, 0.05) is 17.7 Å². The molecule has 1 amide bonds. The highest BCUT2D eigenvalue weighted by atomic mass is 19.1. The molecule has 1 N–H and O–H groups in total. The van der Waals surface area contributed by atoms with Crippen molar-refractivity contribution in [3.63, 3.8) is 0 Å². The minimum atomic E-state index is -1.000. The molecule has 2 aromatic rings. The Hall–Kier alpha value is -3.19. The topological polar surface area (TPSA) is 70.1 Å². The smallest absolute Gasteiger partial charge is 0.295 e. The van der Waals surface area contributed by atoms with Crippen LogP contribution in [0.4, 0.5) is 4.39 Å². The molecule has 0 bridgehead atoms. The number of nitrogens with zero attached hydrogens (tertiary/aromatic N) is 2. The van der Waals surface area contributed by atoms with E-state index in [-0.39, 0.29) is 23.4 Å². The number of Topliss-reactive ketones (excluding diaryl/α,β-unsaturated/α-hetero) is 1. The summed E-state index contributed by atoms with van der Waals surface area (Å²) in [6.45, 7) is 7.47. The quantitative estimate of drug-likeness (QED) is 0.332. The van der Waals surface area contributed by atoms with Crippen LogP contribution in [0.5, 0.6) is 5.75 Å². The number of hydrogen-bond donors (Lipinski definition) is 1. The van der Waals surface area contributed by atoms with Crippen LogP contribution in [0, 0.1) is 18.7 Å². The largest absolute Gasteiger partial charge is 0.507 e. The maximum absolute atomic E-state index is 14.8. The number of ketones is 1. The number of ether oxygens (including phenoxy) is 1. The zero-order chi connectivity index (χ0) is 25.0. The molecular formula is C27H33FN2O4. The van der Waals surface area contributed by atoms with Gasteiger partial charge in [-0.05, 0) is 69.7 Å². The first kappa shape index (κ1) is 25.4. The number of benzene rings is 2.